The van der Waals surface area contributed by atoms with Crippen LogP contribution >= 0.6 is 11.6 Å². The number of nitrogens with zero attached hydrogens (tertiary/aromatic N) is 3. The molecule has 0 fully saturated rings. The van der Waals surface area contributed by atoms with Crippen LogP contribution in [0, 0.1) is 0 Å². The highest BCUT2D eigenvalue weighted by Gasteiger charge is 2.25. The number of sulfone groups is 1. The molecule has 3 heterocycles. The second kappa shape index (κ2) is 10.5. The molecule has 0 aliphatic rings. The van der Waals surface area contributed by atoms with E-state index < -0.39 is 21.7 Å². The zero-order chi connectivity index (χ0) is 27.7. The summed E-state index contributed by atoms with van der Waals surface area (Å²) in [4.78, 5) is 32.7. The topological polar surface area (TPSA) is 144 Å². The third-order valence-corrected chi connectivity index (χ3v) is 7.45. The lowest BCUT2D eigenvalue weighted by atomic mass is 9.96. The second-order valence-corrected chi connectivity index (χ2v) is 11.7. The molecule has 2 aromatic carbocycles. The van der Waals surface area contributed by atoms with E-state index in [-0.39, 0.29) is 24.7 Å². The number of fused-ring (bicyclic) bond motifs is 2. The number of nitrogens with one attached hydrogen (secondary N) is 1. The van der Waals surface area contributed by atoms with Crippen LogP contribution in [0.2, 0.25) is 5.02 Å². The predicted molar refractivity (Wildman–Crippen MR) is 148 cm³/mol. The van der Waals surface area contributed by atoms with Crippen molar-refractivity contribution in [2.45, 2.75) is 12.3 Å². The third-order valence-electron chi connectivity index (χ3n) is 6.27. The molecule has 0 bridgehead atoms. The molecule has 5 rings (SSSR count). The number of aromatic nitrogens is 3. The number of furan rings is 1. The quantitative estimate of drug-likeness (QED) is 0.230. The SMILES string of the molecule is CS(=O)(=O)CCNc1nc(-n2cc(C(CC=O)C(=O)O)c3cc(Cl)ccc32)nc2ccc(-c3ccco3)cc12. The van der Waals surface area contributed by atoms with Gasteiger partial charge in [0.05, 0.1) is 29.0 Å². The van der Waals surface area contributed by atoms with Crippen LogP contribution in [0.15, 0.2) is 65.4 Å². The Bertz CT molecular complexity index is 1820. The van der Waals surface area contributed by atoms with Gasteiger partial charge in [-0.05, 0) is 54.1 Å². The summed E-state index contributed by atoms with van der Waals surface area (Å²) >= 11 is 6.24. The first kappa shape index (κ1) is 26.4. The number of hydrogen-bond donors (Lipinski definition) is 2. The Labute approximate surface area is 228 Å². The molecule has 200 valence electrons. The summed E-state index contributed by atoms with van der Waals surface area (Å²) < 4.78 is 30.7. The fraction of sp³-hybridized carbons (Fsp3) is 0.185. The molecule has 0 amide bonds. The minimum absolute atomic E-state index is 0.104. The van der Waals surface area contributed by atoms with E-state index in [4.69, 9.17) is 26.0 Å². The van der Waals surface area contributed by atoms with Crippen molar-refractivity contribution in [3.8, 4) is 17.3 Å². The van der Waals surface area contributed by atoms with Crippen molar-refractivity contribution in [2.75, 3.05) is 23.9 Å². The molecule has 0 saturated carbocycles. The highest BCUT2D eigenvalue weighted by Crippen LogP contribution is 2.34. The molecule has 5 aromatic rings. The summed E-state index contributed by atoms with van der Waals surface area (Å²) in [5.41, 5.74) is 2.35. The first-order valence-electron chi connectivity index (χ1n) is 11.9. The van der Waals surface area contributed by atoms with E-state index in [0.717, 1.165) is 11.8 Å². The van der Waals surface area contributed by atoms with Crippen LogP contribution in [0.4, 0.5) is 5.82 Å². The average Bonchev–Trinajstić information content (AvgIpc) is 3.54. The van der Waals surface area contributed by atoms with E-state index in [1.165, 1.54) is 0 Å². The number of aliphatic carboxylic acids is 1. The van der Waals surface area contributed by atoms with E-state index in [1.54, 1.807) is 47.4 Å². The summed E-state index contributed by atoms with van der Waals surface area (Å²) in [7, 11) is -3.23. The Morgan fingerprint density at radius 3 is 2.69 bits per heavy atom. The average molecular weight is 567 g/mol. The standard InChI is InChI=1S/C27H23ClN4O6S/c1-39(36,37)12-9-29-25-20-13-16(24-3-2-11-38-24)4-6-22(20)30-27(31-25)32-15-21(18(8-10-33)26(34)35)19-14-17(28)5-7-23(19)32/h2-7,10-11,13-15,18H,8-9,12H2,1H3,(H,34,35)(H,29,30,31). The van der Waals surface area contributed by atoms with Crippen LogP contribution in [-0.4, -0.2) is 58.9 Å². The number of aldehydes is 1. The van der Waals surface area contributed by atoms with Crippen molar-refractivity contribution >= 4 is 61.3 Å². The maximum Gasteiger partial charge on any atom is 0.311 e. The molecule has 0 radical (unpaired) electrons. The number of benzene rings is 2. The lowest BCUT2D eigenvalue weighted by Gasteiger charge is -2.13. The number of halogens is 1. The molecule has 0 saturated heterocycles. The summed E-state index contributed by atoms with van der Waals surface area (Å²) in [6, 6.07) is 14.1. The number of carboxylic acid groups (broad SMARTS) is 1. The summed E-state index contributed by atoms with van der Waals surface area (Å²) in [5.74, 6) is -1.07. The van der Waals surface area contributed by atoms with E-state index in [2.05, 4.69) is 5.32 Å². The van der Waals surface area contributed by atoms with E-state index in [0.29, 0.717) is 50.3 Å². The van der Waals surface area contributed by atoms with Crippen LogP contribution in [-0.2, 0) is 19.4 Å². The van der Waals surface area contributed by atoms with Gasteiger partial charge in [0.15, 0.2) is 0 Å². The van der Waals surface area contributed by atoms with Crippen molar-refractivity contribution < 1.29 is 27.5 Å². The number of carboxylic acids is 1. The van der Waals surface area contributed by atoms with Gasteiger partial charge < -0.3 is 19.6 Å². The third kappa shape index (κ3) is 5.50. The van der Waals surface area contributed by atoms with Gasteiger partial charge in [0.1, 0.15) is 27.7 Å². The zero-order valence-corrected chi connectivity index (χ0v) is 22.2. The van der Waals surface area contributed by atoms with Crippen LogP contribution in [0.25, 0.3) is 39.1 Å². The van der Waals surface area contributed by atoms with Crippen molar-refractivity contribution in [3.63, 3.8) is 0 Å². The molecule has 0 spiro atoms. The van der Waals surface area contributed by atoms with Gasteiger partial charge in [-0.3, -0.25) is 9.36 Å². The fourth-order valence-corrected chi connectivity index (χ4v) is 5.08. The largest absolute Gasteiger partial charge is 0.481 e. The second-order valence-electron chi connectivity index (χ2n) is 9.05. The van der Waals surface area contributed by atoms with E-state index >= 15 is 0 Å². The van der Waals surface area contributed by atoms with Gasteiger partial charge in [0, 0.05) is 46.8 Å². The highest BCUT2D eigenvalue weighted by molar-refractivity contribution is 7.90. The first-order chi connectivity index (χ1) is 18.6. The molecular weight excluding hydrogens is 544 g/mol. The van der Waals surface area contributed by atoms with E-state index in [9.17, 15) is 23.1 Å². The fourth-order valence-electron chi connectivity index (χ4n) is 4.44. The van der Waals surface area contributed by atoms with Gasteiger partial charge in [-0.15, -0.1) is 0 Å². The first-order valence-corrected chi connectivity index (χ1v) is 14.3. The molecule has 10 nitrogen and oxygen atoms in total. The minimum atomic E-state index is -3.23. The van der Waals surface area contributed by atoms with Gasteiger partial charge >= 0.3 is 5.97 Å². The molecule has 1 atom stereocenters. The Hall–Kier alpha value is -4.22. The van der Waals surface area contributed by atoms with Crippen LogP contribution < -0.4 is 5.32 Å². The van der Waals surface area contributed by atoms with Gasteiger partial charge in [0.2, 0.25) is 5.95 Å². The van der Waals surface area contributed by atoms with Crippen molar-refractivity contribution in [1.29, 1.82) is 0 Å². The van der Waals surface area contributed by atoms with E-state index in [1.807, 2.05) is 18.2 Å². The van der Waals surface area contributed by atoms with Gasteiger partial charge in [-0.2, -0.15) is 4.98 Å². The van der Waals surface area contributed by atoms with Crippen molar-refractivity contribution in [1.82, 2.24) is 14.5 Å². The lowest BCUT2D eigenvalue weighted by Crippen LogP contribution is -2.16. The molecule has 39 heavy (non-hydrogen) atoms. The maximum atomic E-state index is 12.0. The Kier molecular flexibility index (Phi) is 7.11. The lowest BCUT2D eigenvalue weighted by molar-refractivity contribution is -0.139. The molecule has 3 aromatic heterocycles. The van der Waals surface area contributed by atoms with Crippen LogP contribution in [0.1, 0.15) is 17.9 Å². The Balaban J connectivity index is 1.70. The monoisotopic (exact) mass is 566 g/mol. The number of hydrogen-bond acceptors (Lipinski definition) is 8. The smallest absolute Gasteiger partial charge is 0.311 e. The Morgan fingerprint density at radius 1 is 1.18 bits per heavy atom. The molecule has 2 N–H and O–H groups in total. The van der Waals surface area contributed by atoms with Crippen molar-refractivity contribution in [2.24, 2.45) is 0 Å². The maximum absolute atomic E-state index is 12.0. The molecule has 0 aliphatic heterocycles. The normalized spacial score (nSPS) is 12.6. The molecule has 0 aliphatic carbocycles. The summed E-state index contributed by atoms with van der Waals surface area (Å²) in [6.45, 7) is 0.114. The number of carbonyl (C=O) groups is 2. The Morgan fingerprint density at radius 2 is 2.00 bits per heavy atom. The highest BCUT2D eigenvalue weighted by atomic mass is 35.5. The zero-order valence-electron chi connectivity index (χ0n) is 20.7. The number of carbonyl (C=O) groups excluding carboxylic acids is 1. The summed E-state index contributed by atoms with van der Waals surface area (Å²) in [5, 5.41) is 14.5. The minimum Gasteiger partial charge on any atom is -0.481 e. The van der Waals surface area contributed by atoms with Crippen LogP contribution in [0.5, 0.6) is 0 Å². The number of rotatable bonds is 10. The van der Waals surface area contributed by atoms with Gasteiger partial charge in [-0.25, -0.2) is 13.4 Å². The van der Waals surface area contributed by atoms with Gasteiger partial charge in [0.25, 0.3) is 0 Å². The number of anilines is 1. The molecule has 1 unspecified atom stereocenters. The molecule has 12 heteroatoms. The summed E-state index contributed by atoms with van der Waals surface area (Å²) in [6.07, 6.45) is 4.68. The van der Waals surface area contributed by atoms with Crippen LogP contribution in [0.3, 0.4) is 0 Å². The van der Waals surface area contributed by atoms with Gasteiger partial charge in [-0.1, -0.05) is 11.6 Å². The predicted octanol–water partition coefficient (Wildman–Crippen LogP) is 4.70. The van der Waals surface area contributed by atoms with Crippen molar-refractivity contribution in [3.05, 3.63) is 71.6 Å². The molecular formula is C27H23ClN4O6S.